The van der Waals surface area contributed by atoms with Gasteiger partial charge in [0.1, 0.15) is 0 Å². The summed E-state index contributed by atoms with van der Waals surface area (Å²) in [5.74, 6) is 0.336. The fourth-order valence-electron chi connectivity index (χ4n) is 2.55. The van der Waals surface area contributed by atoms with Crippen molar-refractivity contribution >= 4 is 34.9 Å². The summed E-state index contributed by atoms with van der Waals surface area (Å²) in [4.78, 5) is 29.0. The number of aryl methyl sites for hydroxylation is 1. The highest BCUT2D eigenvalue weighted by atomic mass is 35.5. The number of hydrazone groups is 1. The van der Waals surface area contributed by atoms with Crippen LogP contribution in [0.4, 0.5) is 5.95 Å². The summed E-state index contributed by atoms with van der Waals surface area (Å²) in [5.41, 5.74) is 3.38. The minimum absolute atomic E-state index is 0.282. The van der Waals surface area contributed by atoms with E-state index in [4.69, 9.17) is 11.6 Å². The number of allylic oxidation sites excluding steroid dienone is 1. The van der Waals surface area contributed by atoms with Crippen LogP contribution in [-0.2, 0) is 20.6 Å². The third-order valence-electron chi connectivity index (χ3n) is 3.91. The number of rotatable bonds is 5. The van der Waals surface area contributed by atoms with Gasteiger partial charge in [0.05, 0.1) is 6.21 Å². The Morgan fingerprint density at radius 1 is 1.23 bits per heavy atom. The predicted octanol–water partition coefficient (Wildman–Crippen LogP) is 1.72. The largest absolute Gasteiger partial charge is 0.332 e. The smallest absolute Gasteiger partial charge is 0.299 e. The first kappa shape index (κ1) is 17.7. The van der Waals surface area contributed by atoms with Crippen LogP contribution >= 0.6 is 11.6 Å². The van der Waals surface area contributed by atoms with E-state index in [1.807, 2.05) is 12.1 Å². The molecule has 0 saturated heterocycles. The molecule has 0 atom stereocenters. The zero-order chi connectivity index (χ0) is 18.8. The summed E-state index contributed by atoms with van der Waals surface area (Å²) < 4.78 is 4.00. The van der Waals surface area contributed by atoms with Crippen LogP contribution in [0.5, 0.6) is 0 Å². The van der Waals surface area contributed by atoms with Gasteiger partial charge in [-0.05, 0) is 17.7 Å². The van der Waals surface area contributed by atoms with E-state index in [-0.39, 0.29) is 5.65 Å². The van der Waals surface area contributed by atoms with Crippen molar-refractivity contribution in [1.29, 1.82) is 0 Å². The van der Waals surface area contributed by atoms with E-state index in [0.717, 1.165) is 10.1 Å². The fraction of sp³-hybridized carbons (Fsp3) is 0.176. The molecule has 0 aliphatic carbocycles. The third kappa shape index (κ3) is 3.06. The Morgan fingerprint density at radius 2 is 1.92 bits per heavy atom. The summed E-state index contributed by atoms with van der Waals surface area (Å²) in [5, 5.41) is 4.79. The fourth-order valence-corrected chi connectivity index (χ4v) is 2.68. The zero-order valence-corrected chi connectivity index (χ0v) is 15.1. The number of halogens is 1. The van der Waals surface area contributed by atoms with Crippen LogP contribution < -0.4 is 16.7 Å². The molecule has 0 amide bonds. The van der Waals surface area contributed by atoms with Crippen molar-refractivity contribution in [2.45, 2.75) is 6.54 Å². The molecule has 0 spiro atoms. The minimum Gasteiger partial charge on any atom is -0.299 e. The molecule has 2 heterocycles. The first-order valence-electron chi connectivity index (χ1n) is 7.76. The molecule has 0 aliphatic heterocycles. The highest BCUT2D eigenvalue weighted by Crippen LogP contribution is 2.15. The van der Waals surface area contributed by atoms with Crippen LogP contribution in [0.3, 0.4) is 0 Å². The highest BCUT2D eigenvalue weighted by Gasteiger charge is 2.18. The molecular formula is C17H17ClN6O2. The van der Waals surface area contributed by atoms with Crippen molar-refractivity contribution in [3.05, 3.63) is 68.3 Å². The highest BCUT2D eigenvalue weighted by molar-refractivity contribution is 6.30. The maximum absolute atomic E-state index is 12.5. The number of imidazole rings is 1. The van der Waals surface area contributed by atoms with Crippen LogP contribution in [0, 0.1) is 0 Å². The van der Waals surface area contributed by atoms with Gasteiger partial charge in [0.25, 0.3) is 5.56 Å². The average Bonchev–Trinajstić information content (AvgIpc) is 2.99. The van der Waals surface area contributed by atoms with E-state index < -0.39 is 11.2 Å². The Kier molecular flexibility index (Phi) is 4.77. The van der Waals surface area contributed by atoms with E-state index in [1.54, 1.807) is 36.0 Å². The van der Waals surface area contributed by atoms with Crippen molar-refractivity contribution in [1.82, 2.24) is 18.7 Å². The van der Waals surface area contributed by atoms with E-state index in [0.29, 0.717) is 23.0 Å². The summed E-state index contributed by atoms with van der Waals surface area (Å²) in [6.45, 7) is 4.04. The van der Waals surface area contributed by atoms with E-state index in [2.05, 4.69) is 22.1 Å². The number of fused-ring (bicyclic) bond motifs is 1. The Bertz CT molecular complexity index is 1120. The lowest BCUT2D eigenvalue weighted by molar-refractivity contribution is 0.703. The lowest BCUT2D eigenvalue weighted by Crippen LogP contribution is -2.37. The van der Waals surface area contributed by atoms with Gasteiger partial charge < -0.3 is 0 Å². The van der Waals surface area contributed by atoms with Gasteiger partial charge in [-0.2, -0.15) is 10.1 Å². The summed E-state index contributed by atoms with van der Waals surface area (Å²) in [7, 11) is 3.00. The van der Waals surface area contributed by atoms with Gasteiger partial charge in [-0.1, -0.05) is 29.8 Å². The van der Waals surface area contributed by atoms with Crippen molar-refractivity contribution < 1.29 is 0 Å². The number of hydrogen-bond donors (Lipinski definition) is 1. The van der Waals surface area contributed by atoms with Gasteiger partial charge >= 0.3 is 5.69 Å². The molecule has 0 radical (unpaired) electrons. The Hall–Kier alpha value is -3.13. The van der Waals surface area contributed by atoms with Gasteiger partial charge in [0.15, 0.2) is 11.2 Å². The molecule has 0 bridgehead atoms. The quantitative estimate of drug-likeness (QED) is 0.420. The topological polar surface area (TPSA) is 86.2 Å². The van der Waals surface area contributed by atoms with Crippen LogP contribution in [0.25, 0.3) is 11.2 Å². The molecule has 9 heteroatoms. The third-order valence-corrected chi connectivity index (χ3v) is 4.16. The number of hydrogen-bond acceptors (Lipinski definition) is 5. The molecule has 2 aromatic heterocycles. The molecule has 3 rings (SSSR count). The number of anilines is 1. The van der Waals surface area contributed by atoms with Crippen molar-refractivity contribution in [2.24, 2.45) is 19.2 Å². The number of aromatic nitrogens is 4. The number of benzene rings is 1. The van der Waals surface area contributed by atoms with Crippen LogP contribution in [0.15, 0.2) is 51.6 Å². The molecule has 0 saturated carbocycles. The normalized spacial score (nSPS) is 11.3. The number of nitrogens with one attached hydrogen (secondary N) is 1. The first-order valence-corrected chi connectivity index (χ1v) is 8.13. The predicted molar refractivity (Wildman–Crippen MR) is 103 cm³/mol. The Labute approximate surface area is 153 Å². The van der Waals surface area contributed by atoms with E-state index in [9.17, 15) is 9.59 Å². The van der Waals surface area contributed by atoms with Crippen LogP contribution in [0.2, 0.25) is 5.02 Å². The Balaban J connectivity index is 2.06. The van der Waals surface area contributed by atoms with Gasteiger partial charge in [-0.15, -0.1) is 6.58 Å². The van der Waals surface area contributed by atoms with Gasteiger partial charge in [0, 0.05) is 25.7 Å². The molecule has 1 N–H and O–H groups in total. The second-order valence-electron chi connectivity index (χ2n) is 5.63. The monoisotopic (exact) mass is 372 g/mol. The molecule has 0 aliphatic rings. The summed E-state index contributed by atoms with van der Waals surface area (Å²) in [6.07, 6.45) is 3.24. The molecule has 3 aromatic rings. The average molecular weight is 373 g/mol. The van der Waals surface area contributed by atoms with Crippen molar-refractivity contribution in [3.63, 3.8) is 0 Å². The lowest BCUT2D eigenvalue weighted by Gasteiger charge is -2.06. The van der Waals surface area contributed by atoms with Gasteiger partial charge in [-0.3, -0.25) is 18.5 Å². The van der Waals surface area contributed by atoms with Gasteiger partial charge in [-0.25, -0.2) is 10.2 Å². The second kappa shape index (κ2) is 7.01. The van der Waals surface area contributed by atoms with Crippen molar-refractivity contribution in [3.8, 4) is 0 Å². The molecule has 134 valence electrons. The lowest BCUT2D eigenvalue weighted by atomic mass is 10.2. The molecule has 1 aromatic carbocycles. The van der Waals surface area contributed by atoms with Crippen LogP contribution in [-0.4, -0.2) is 24.9 Å². The van der Waals surface area contributed by atoms with Crippen molar-refractivity contribution in [2.75, 3.05) is 5.43 Å². The SMILES string of the molecule is C=CCn1c(NN=Cc2ccc(Cl)cc2)nc2c1c(=O)n(C)c(=O)n2C. The maximum atomic E-state index is 12.5. The van der Waals surface area contributed by atoms with Gasteiger partial charge in [0.2, 0.25) is 5.95 Å². The second-order valence-corrected chi connectivity index (χ2v) is 6.07. The maximum Gasteiger partial charge on any atom is 0.332 e. The molecule has 0 fully saturated rings. The molecule has 8 nitrogen and oxygen atoms in total. The standard InChI is InChI=1S/C17H17ClN6O2/c1-4-9-24-13-14(22(2)17(26)23(3)15(13)25)20-16(24)21-19-10-11-5-7-12(18)8-6-11/h4-8,10H,1,9H2,2-3H3,(H,20,21). The van der Waals surface area contributed by atoms with Crippen LogP contribution in [0.1, 0.15) is 5.56 Å². The number of nitrogens with zero attached hydrogens (tertiary/aromatic N) is 5. The zero-order valence-electron chi connectivity index (χ0n) is 14.3. The molecular weight excluding hydrogens is 356 g/mol. The van der Waals surface area contributed by atoms with E-state index in [1.165, 1.54) is 11.6 Å². The Morgan fingerprint density at radius 3 is 2.58 bits per heavy atom. The summed E-state index contributed by atoms with van der Waals surface area (Å²) >= 11 is 5.86. The molecule has 26 heavy (non-hydrogen) atoms. The first-order chi connectivity index (χ1) is 12.4. The molecule has 0 unspecified atom stereocenters. The van der Waals surface area contributed by atoms with E-state index >= 15 is 0 Å². The minimum atomic E-state index is -0.443. The summed E-state index contributed by atoms with van der Waals surface area (Å²) in [6, 6.07) is 7.16.